The zero-order chi connectivity index (χ0) is 14.7. The predicted molar refractivity (Wildman–Crippen MR) is 77.9 cm³/mol. The highest BCUT2D eigenvalue weighted by Gasteiger charge is 2.25. The van der Waals surface area contributed by atoms with Crippen molar-refractivity contribution in [1.82, 2.24) is 0 Å². The molecule has 4 heteroatoms. The molecule has 0 aromatic heterocycles. The number of Topliss-reactive ketones (excluding diaryl/α,β-unsaturated/α-hetero) is 1. The summed E-state index contributed by atoms with van der Waals surface area (Å²) < 4.78 is 4.73. The number of hydrogen-bond donors (Lipinski definition) is 0. The van der Waals surface area contributed by atoms with E-state index in [-0.39, 0.29) is 17.8 Å². The summed E-state index contributed by atoms with van der Waals surface area (Å²) in [5.74, 6) is -0.163. The van der Waals surface area contributed by atoms with Crippen molar-refractivity contribution in [1.29, 1.82) is 0 Å². The maximum absolute atomic E-state index is 11.7. The van der Waals surface area contributed by atoms with Crippen molar-refractivity contribution in [2.45, 2.75) is 38.5 Å². The molecule has 1 fully saturated rings. The Balaban J connectivity index is 2.13. The van der Waals surface area contributed by atoms with E-state index >= 15 is 0 Å². The normalized spacial score (nSPS) is 19.9. The number of methoxy groups -OCH3 is 1. The van der Waals surface area contributed by atoms with Crippen LogP contribution in [-0.2, 0) is 20.7 Å². The highest BCUT2D eigenvalue weighted by atomic mass is 35.5. The molecule has 0 heterocycles. The Morgan fingerprint density at radius 3 is 2.80 bits per heavy atom. The van der Waals surface area contributed by atoms with E-state index in [9.17, 15) is 9.59 Å². The third-order valence-electron chi connectivity index (χ3n) is 4.03. The Morgan fingerprint density at radius 2 is 2.25 bits per heavy atom. The Morgan fingerprint density at radius 1 is 1.50 bits per heavy atom. The average molecular weight is 295 g/mol. The minimum atomic E-state index is -0.334. The maximum atomic E-state index is 11.7. The lowest BCUT2D eigenvalue weighted by molar-refractivity contribution is -0.142. The number of carbonyl (C=O) groups is 2. The van der Waals surface area contributed by atoms with E-state index in [2.05, 4.69) is 0 Å². The number of benzene rings is 1. The van der Waals surface area contributed by atoms with Crippen molar-refractivity contribution < 1.29 is 14.3 Å². The molecule has 1 aromatic rings. The Hall–Kier alpha value is -1.35. The van der Waals surface area contributed by atoms with Gasteiger partial charge in [-0.3, -0.25) is 9.59 Å². The van der Waals surface area contributed by atoms with Gasteiger partial charge >= 0.3 is 5.97 Å². The molecule has 0 amide bonds. The molecule has 2 rings (SSSR count). The van der Waals surface area contributed by atoms with Gasteiger partial charge in [-0.05, 0) is 43.4 Å². The molecule has 2 unspecified atom stereocenters. The van der Waals surface area contributed by atoms with E-state index in [4.69, 9.17) is 16.3 Å². The van der Waals surface area contributed by atoms with Crippen LogP contribution in [0.2, 0.25) is 5.02 Å². The minimum Gasteiger partial charge on any atom is -0.469 e. The van der Waals surface area contributed by atoms with E-state index < -0.39 is 0 Å². The van der Waals surface area contributed by atoms with Gasteiger partial charge in [0, 0.05) is 17.4 Å². The van der Waals surface area contributed by atoms with Crippen LogP contribution in [0.5, 0.6) is 0 Å². The van der Waals surface area contributed by atoms with Crippen molar-refractivity contribution in [3.8, 4) is 0 Å². The molecule has 0 bridgehead atoms. The monoisotopic (exact) mass is 294 g/mol. The molecular formula is C16H19ClO3. The molecule has 20 heavy (non-hydrogen) atoms. The van der Waals surface area contributed by atoms with E-state index in [0.717, 1.165) is 24.0 Å². The van der Waals surface area contributed by atoms with Crippen LogP contribution in [0.25, 0.3) is 0 Å². The molecule has 1 aromatic carbocycles. The molecule has 1 aliphatic rings. The molecule has 0 radical (unpaired) electrons. The molecule has 0 N–H and O–H groups in total. The van der Waals surface area contributed by atoms with E-state index in [1.807, 2.05) is 12.1 Å². The van der Waals surface area contributed by atoms with Crippen LogP contribution in [0.1, 0.15) is 43.2 Å². The second-order valence-electron chi connectivity index (χ2n) is 5.36. The van der Waals surface area contributed by atoms with Gasteiger partial charge in [-0.25, -0.2) is 0 Å². The number of hydrogen-bond acceptors (Lipinski definition) is 3. The quantitative estimate of drug-likeness (QED) is 0.798. The molecule has 108 valence electrons. The molecule has 1 aliphatic carbocycles. The number of halogens is 1. The molecule has 1 saturated carbocycles. The van der Waals surface area contributed by atoms with Gasteiger partial charge in [0.1, 0.15) is 5.78 Å². The SMILES string of the molecule is COC(=O)C(C)c1ccc(CC2CCCC2=O)c(Cl)c1. The van der Waals surface area contributed by atoms with E-state index in [0.29, 0.717) is 23.6 Å². The number of carbonyl (C=O) groups excluding carboxylic acids is 2. The summed E-state index contributed by atoms with van der Waals surface area (Å²) in [7, 11) is 1.38. The molecule has 0 spiro atoms. The lowest BCUT2D eigenvalue weighted by atomic mass is 9.94. The minimum absolute atomic E-state index is 0.108. The topological polar surface area (TPSA) is 43.4 Å². The first-order valence-electron chi connectivity index (χ1n) is 6.91. The summed E-state index contributed by atoms with van der Waals surface area (Å²) in [5, 5.41) is 0.623. The van der Waals surface area contributed by atoms with Gasteiger partial charge in [0.2, 0.25) is 0 Å². The molecule has 0 aliphatic heterocycles. The highest BCUT2D eigenvalue weighted by molar-refractivity contribution is 6.31. The Bertz CT molecular complexity index is 524. The summed E-state index contributed by atoms with van der Waals surface area (Å²) in [4.78, 5) is 23.2. The first kappa shape index (κ1) is 15.0. The van der Waals surface area contributed by atoms with E-state index in [1.165, 1.54) is 7.11 Å². The zero-order valence-corrected chi connectivity index (χ0v) is 12.6. The summed E-state index contributed by atoms with van der Waals surface area (Å²) >= 11 is 6.28. The van der Waals surface area contributed by atoms with Crippen LogP contribution >= 0.6 is 11.6 Å². The largest absolute Gasteiger partial charge is 0.469 e. The second-order valence-corrected chi connectivity index (χ2v) is 5.76. The van der Waals surface area contributed by atoms with Gasteiger partial charge in [0.05, 0.1) is 13.0 Å². The smallest absolute Gasteiger partial charge is 0.312 e. The number of ketones is 1. The maximum Gasteiger partial charge on any atom is 0.312 e. The number of rotatable bonds is 4. The van der Waals surface area contributed by atoms with Gasteiger partial charge in [-0.15, -0.1) is 0 Å². The standard InChI is InChI=1S/C16H19ClO3/c1-10(16(19)20-2)11-6-7-12(14(17)9-11)8-13-4-3-5-15(13)18/h6-7,9-10,13H,3-5,8H2,1-2H3. The number of esters is 1. The summed E-state index contributed by atoms with van der Waals surface area (Å²) in [6.45, 7) is 1.79. The van der Waals surface area contributed by atoms with Crippen LogP contribution in [0.4, 0.5) is 0 Å². The fraction of sp³-hybridized carbons (Fsp3) is 0.500. The molecule has 3 nitrogen and oxygen atoms in total. The zero-order valence-electron chi connectivity index (χ0n) is 11.8. The summed E-state index contributed by atoms with van der Waals surface area (Å²) in [6, 6.07) is 5.61. The highest BCUT2D eigenvalue weighted by Crippen LogP contribution is 2.30. The van der Waals surface area contributed by atoms with Gasteiger partial charge in [-0.1, -0.05) is 23.7 Å². The fourth-order valence-corrected chi connectivity index (χ4v) is 2.95. The van der Waals surface area contributed by atoms with Crippen molar-refractivity contribution in [3.05, 3.63) is 34.3 Å². The lowest BCUT2D eigenvalue weighted by Gasteiger charge is -2.13. The lowest BCUT2D eigenvalue weighted by Crippen LogP contribution is -2.12. The fourth-order valence-electron chi connectivity index (χ4n) is 2.68. The van der Waals surface area contributed by atoms with E-state index in [1.54, 1.807) is 13.0 Å². The van der Waals surface area contributed by atoms with Gasteiger partial charge in [-0.2, -0.15) is 0 Å². The number of ether oxygens (including phenoxy) is 1. The van der Waals surface area contributed by atoms with Crippen LogP contribution in [-0.4, -0.2) is 18.9 Å². The van der Waals surface area contributed by atoms with Crippen LogP contribution in [0, 0.1) is 5.92 Å². The molecular weight excluding hydrogens is 276 g/mol. The van der Waals surface area contributed by atoms with Gasteiger partial charge in [0.15, 0.2) is 0 Å². The second kappa shape index (κ2) is 6.40. The van der Waals surface area contributed by atoms with Crippen LogP contribution in [0.3, 0.4) is 0 Å². The Kier molecular flexibility index (Phi) is 4.81. The van der Waals surface area contributed by atoms with Crippen molar-refractivity contribution in [2.75, 3.05) is 7.11 Å². The summed E-state index contributed by atoms with van der Waals surface area (Å²) in [5.41, 5.74) is 1.82. The third kappa shape index (κ3) is 3.21. The van der Waals surface area contributed by atoms with Crippen molar-refractivity contribution in [2.24, 2.45) is 5.92 Å². The van der Waals surface area contributed by atoms with Gasteiger partial charge in [0.25, 0.3) is 0 Å². The third-order valence-corrected chi connectivity index (χ3v) is 4.38. The molecule has 0 saturated heterocycles. The first-order valence-corrected chi connectivity index (χ1v) is 7.29. The van der Waals surface area contributed by atoms with Gasteiger partial charge < -0.3 is 4.74 Å². The summed E-state index contributed by atoms with van der Waals surface area (Å²) in [6.07, 6.45) is 3.33. The van der Waals surface area contributed by atoms with Crippen molar-refractivity contribution in [3.63, 3.8) is 0 Å². The average Bonchev–Trinajstić information content (AvgIpc) is 2.84. The van der Waals surface area contributed by atoms with Crippen LogP contribution in [0.15, 0.2) is 18.2 Å². The Labute approximate surface area is 124 Å². The predicted octanol–water partition coefficient (Wildman–Crippen LogP) is 3.53. The van der Waals surface area contributed by atoms with Crippen LogP contribution < -0.4 is 0 Å². The molecule has 2 atom stereocenters. The first-order chi connectivity index (χ1) is 9.52. The van der Waals surface area contributed by atoms with Crippen molar-refractivity contribution >= 4 is 23.4 Å².